The number of nitrogen functional groups attached to an aromatic ring is 1. The van der Waals surface area contributed by atoms with Gasteiger partial charge in [0.1, 0.15) is 16.5 Å². The standard InChI is InChI=1S/C12H11BrFN3O2S/c1-17(10-4-2-3-9(14)6-10)20(18,19)11-5-8(13)7-16-12(11)15/h2-7H,1H3,(H2,15,16). The summed E-state index contributed by atoms with van der Waals surface area (Å²) in [6.45, 7) is 0. The topological polar surface area (TPSA) is 76.3 Å². The molecule has 0 amide bonds. The van der Waals surface area contributed by atoms with Crippen LogP contribution in [0.1, 0.15) is 0 Å². The molecule has 0 aliphatic carbocycles. The molecule has 0 saturated carbocycles. The second-order valence-electron chi connectivity index (χ2n) is 3.99. The summed E-state index contributed by atoms with van der Waals surface area (Å²) in [6.07, 6.45) is 1.40. The van der Waals surface area contributed by atoms with E-state index >= 15 is 0 Å². The molecule has 0 fully saturated rings. The second-order valence-corrected chi connectivity index (χ2v) is 6.84. The summed E-state index contributed by atoms with van der Waals surface area (Å²) in [5.41, 5.74) is 5.81. The minimum Gasteiger partial charge on any atom is -0.383 e. The van der Waals surface area contributed by atoms with E-state index in [2.05, 4.69) is 20.9 Å². The molecular formula is C12H11BrFN3O2S. The van der Waals surface area contributed by atoms with Crippen LogP contribution in [0.3, 0.4) is 0 Å². The fourth-order valence-corrected chi connectivity index (χ4v) is 3.36. The van der Waals surface area contributed by atoms with Crippen LogP contribution in [0.5, 0.6) is 0 Å². The Balaban J connectivity index is 2.52. The fraction of sp³-hybridized carbons (Fsp3) is 0.0833. The Morgan fingerprint density at radius 1 is 1.35 bits per heavy atom. The number of aromatic nitrogens is 1. The summed E-state index contributed by atoms with van der Waals surface area (Å²) >= 11 is 3.14. The van der Waals surface area contributed by atoms with Gasteiger partial charge in [-0.25, -0.2) is 17.8 Å². The number of sulfonamides is 1. The van der Waals surface area contributed by atoms with E-state index in [1.807, 2.05) is 0 Å². The van der Waals surface area contributed by atoms with Crippen molar-refractivity contribution in [1.29, 1.82) is 0 Å². The van der Waals surface area contributed by atoms with Crippen molar-refractivity contribution in [2.45, 2.75) is 4.90 Å². The third-order valence-corrected chi connectivity index (χ3v) is 4.91. The molecule has 1 heterocycles. The van der Waals surface area contributed by atoms with Crippen molar-refractivity contribution in [3.05, 3.63) is 46.8 Å². The molecular weight excluding hydrogens is 349 g/mol. The molecule has 0 atom stereocenters. The molecule has 0 aliphatic heterocycles. The van der Waals surface area contributed by atoms with Crippen molar-refractivity contribution in [3.63, 3.8) is 0 Å². The molecule has 2 aromatic rings. The molecule has 1 aromatic carbocycles. The first-order chi connectivity index (χ1) is 9.32. The molecule has 8 heteroatoms. The van der Waals surface area contributed by atoms with Crippen LogP contribution in [0, 0.1) is 5.82 Å². The lowest BCUT2D eigenvalue weighted by Crippen LogP contribution is -2.27. The van der Waals surface area contributed by atoms with Gasteiger partial charge in [-0.2, -0.15) is 0 Å². The molecule has 1 aromatic heterocycles. The number of anilines is 2. The van der Waals surface area contributed by atoms with Crippen LogP contribution < -0.4 is 10.0 Å². The SMILES string of the molecule is CN(c1cccc(F)c1)S(=O)(=O)c1cc(Br)cnc1N. The van der Waals surface area contributed by atoms with Crippen LogP contribution in [0.25, 0.3) is 0 Å². The molecule has 20 heavy (non-hydrogen) atoms. The number of halogens is 2. The average Bonchev–Trinajstić information content (AvgIpc) is 2.40. The monoisotopic (exact) mass is 359 g/mol. The third kappa shape index (κ3) is 2.75. The Morgan fingerprint density at radius 3 is 2.70 bits per heavy atom. The van der Waals surface area contributed by atoms with Gasteiger partial charge in [0.2, 0.25) is 0 Å². The summed E-state index contributed by atoms with van der Waals surface area (Å²) in [4.78, 5) is 3.65. The van der Waals surface area contributed by atoms with Crippen LogP contribution in [0.15, 0.2) is 45.9 Å². The first-order valence-corrected chi connectivity index (χ1v) is 7.71. The first kappa shape index (κ1) is 14.7. The van der Waals surface area contributed by atoms with Gasteiger partial charge in [-0.3, -0.25) is 4.31 Å². The van der Waals surface area contributed by atoms with E-state index in [-0.39, 0.29) is 16.4 Å². The summed E-state index contributed by atoms with van der Waals surface area (Å²) in [7, 11) is -2.59. The molecule has 2 rings (SSSR count). The zero-order valence-corrected chi connectivity index (χ0v) is 12.8. The summed E-state index contributed by atoms with van der Waals surface area (Å²) in [5.74, 6) is -0.638. The van der Waals surface area contributed by atoms with E-state index in [1.54, 1.807) is 0 Å². The molecule has 0 saturated heterocycles. The van der Waals surface area contributed by atoms with E-state index in [0.717, 1.165) is 10.4 Å². The van der Waals surface area contributed by atoms with Crippen LogP contribution in [-0.4, -0.2) is 20.4 Å². The number of pyridine rings is 1. The van der Waals surface area contributed by atoms with Crippen LogP contribution >= 0.6 is 15.9 Å². The third-order valence-electron chi connectivity index (χ3n) is 2.66. The largest absolute Gasteiger partial charge is 0.383 e. The Hall–Kier alpha value is -1.67. The molecule has 0 aliphatic rings. The lowest BCUT2D eigenvalue weighted by atomic mass is 10.3. The summed E-state index contributed by atoms with van der Waals surface area (Å²) < 4.78 is 39.6. The van der Waals surface area contributed by atoms with Crippen molar-refractivity contribution in [2.75, 3.05) is 17.1 Å². The van der Waals surface area contributed by atoms with Crippen LogP contribution in [0.2, 0.25) is 0 Å². The molecule has 0 radical (unpaired) electrons. The number of nitrogens with zero attached hydrogens (tertiary/aromatic N) is 2. The van der Waals surface area contributed by atoms with E-state index in [0.29, 0.717) is 4.47 Å². The predicted octanol–water partition coefficient (Wildman–Crippen LogP) is 2.39. The maximum Gasteiger partial charge on any atom is 0.267 e. The van der Waals surface area contributed by atoms with Crippen LogP contribution in [-0.2, 0) is 10.0 Å². The van der Waals surface area contributed by atoms with Crippen molar-refractivity contribution in [1.82, 2.24) is 4.98 Å². The quantitative estimate of drug-likeness (QED) is 0.912. The number of nitrogens with two attached hydrogens (primary N) is 1. The Bertz CT molecular complexity index is 752. The maximum atomic E-state index is 13.2. The van der Waals surface area contributed by atoms with E-state index < -0.39 is 15.8 Å². The van der Waals surface area contributed by atoms with E-state index in [9.17, 15) is 12.8 Å². The van der Waals surface area contributed by atoms with Gasteiger partial charge in [-0.15, -0.1) is 0 Å². The molecule has 0 bridgehead atoms. The fourth-order valence-electron chi connectivity index (χ4n) is 1.60. The van der Waals surface area contributed by atoms with Crippen molar-refractivity contribution in [2.24, 2.45) is 0 Å². The van der Waals surface area contributed by atoms with Crippen molar-refractivity contribution >= 4 is 37.5 Å². The molecule has 0 spiro atoms. The van der Waals surface area contributed by atoms with Gasteiger partial charge < -0.3 is 5.73 Å². The molecule has 106 valence electrons. The number of rotatable bonds is 3. The number of hydrogen-bond acceptors (Lipinski definition) is 4. The van der Waals surface area contributed by atoms with Gasteiger partial charge in [0.25, 0.3) is 10.0 Å². The van der Waals surface area contributed by atoms with Gasteiger partial charge in [-0.1, -0.05) is 6.07 Å². The van der Waals surface area contributed by atoms with Crippen molar-refractivity contribution < 1.29 is 12.8 Å². The maximum absolute atomic E-state index is 13.2. The van der Waals surface area contributed by atoms with Crippen LogP contribution in [0.4, 0.5) is 15.9 Å². The average molecular weight is 360 g/mol. The number of hydrogen-bond donors (Lipinski definition) is 1. The normalized spacial score (nSPS) is 11.3. The zero-order valence-electron chi connectivity index (χ0n) is 10.4. The minimum absolute atomic E-state index is 0.114. The zero-order chi connectivity index (χ0) is 14.9. The van der Waals surface area contributed by atoms with Gasteiger partial charge >= 0.3 is 0 Å². The molecule has 5 nitrogen and oxygen atoms in total. The number of benzene rings is 1. The highest BCUT2D eigenvalue weighted by Crippen LogP contribution is 2.27. The smallest absolute Gasteiger partial charge is 0.267 e. The summed E-state index contributed by atoms with van der Waals surface area (Å²) in [5, 5.41) is 0. The Morgan fingerprint density at radius 2 is 2.05 bits per heavy atom. The summed E-state index contributed by atoms with van der Waals surface area (Å²) in [6, 6.07) is 6.63. The van der Waals surface area contributed by atoms with E-state index in [4.69, 9.17) is 5.73 Å². The highest BCUT2D eigenvalue weighted by Gasteiger charge is 2.25. The minimum atomic E-state index is -3.91. The molecule has 2 N–H and O–H groups in total. The lowest BCUT2D eigenvalue weighted by Gasteiger charge is -2.20. The van der Waals surface area contributed by atoms with Gasteiger partial charge in [0.15, 0.2) is 0 Å². The first-order valence-electron chi connectivity index (χ1n) is 5.48. The van der Waals surface area contributed by atoms with Crippen molar-refractivity contribution in [3.8, 4) is 0 Å². The van der Waals surface area contributed by atoms with Gasteiger partial charge in [-0.05, 0) is 40.2 Å². The Labute approximate surface area is 124 Å². The van der Waals surface area contributed by atoms with E-state index in [1.165, 1.54) is 37.5 Å². The Kier molecular flexibility index (Phi) is 3.96. The molecule has 0 unspecified atom stereocenters. The van der Waals surface area contributed by atoms with Gasteiger partial charge in [0.05, 0.1) is 5.69 Å². The highest BCUT2D eigenvalue weighted by atomic mass is 79.9. The highest BCUT2D eigenvalue weighted by molar-refractivity contribution is 9.10. The lowest BCUT2D eigenvalue weighted by molar-refractivity contribution is 0.594. The predicted molar refractivity (Wildman–Crippen MR) is 78.3 cm³/mol. The van der Waals surface area contributed by atoms with Gasteiger partial charge in [0, 0.05) is 17.7 Å². The second kappa shape index (κ2) is 5.37.